The standard InChI is InChI=1S/C16H25N5O2.HI/c1-16(2)8-11-20(12-16)15(17-3)19-10-9-18-13-4-6-14(7-5-13)21(22)23;/h4-7,18H,8-12H2,1-3H3,(H,17,19);1H. The smallest absolute Gasteiger partial charge is 0.269 e. The van der Waals surface area contributed by atoms with Crippen molar-refractivity contribution in [3.8, 4) is 0 Å². The summed E-state index contributed by atoms with van der Waals surface area (Å²) >= 11 is 0. The third kappa shape index (κ3) is 5.81. The highest BCUT2D eigenvalue weighted by Crippen LogP contribution is 2.28. The van der Waals surface area contributed by atoms with Crippen molar-refractivity contribution in [3.05, 3.63) is 34.4 Å². The average molecular weight is 447 g/mol. The summed E-state index contributed by atoms with van der Waals surface area (Å²) in [4.78, 5) is 16.8. The molecule has 1 aliphatic rings. The van der Waals surface area contributed by atoms with E-state index in [0.717, 1.165) is 31.3 Å². The number of nitrogens with zero attached hydrogens (tertiary/aromatic N) is 3. The first-order chi connectivity index (χ1) is 10.9. The summed E-state index contributed by atoms with van der Waals surface area (Å²) in [5, 5.41) is 17.2. The van der Waals surface area contributed by atoms with Crippen LogP contribution in [0, 0.1) is 15.5 Å². The molecule has 1 fully saturated rings. The van der Waals surface area contributed by atoms with E-state index in [0.29, 0.717) is 12.0 Å². The molecule has 1 aromatic carbocycles. The van der Waals surface area contributed by atoms with Crippen LogP contribution in [-0.4, -0.2) is 49.0 Å². The van der Waals surface area contributed by atoms with Crippen molar-refractivity contribution in [2.75, 3.05) is 38.5 Å². The lowest BCUT2D eigenvalue weighted by Gasteiger charge is -2.23. The molecule has 8 heteroatoms. The van der Waals surface area contributed by atoms with Gasteiger partial charge in [0.1, 0.15) is 0 Å². The first-order valence-corrected chi connectivity index (χ1v) is 7.85. The molecule has 1 aromatic rings. The third-order valence-corrected chi connectivity index (χ3v) is 4.00. The van der Waals surface area contributed by atoms with Gasteiger partial charge in [0.25, 0.3) is 5.69 Å². The van der Waals surface area contributed by atoms with Gasteiger partial charge >= 0.3 is 0 Å². The van der Waals surface area contributed by atoms with Gasteiger partial charge in [-0.05, 0) is 24.0 Å². The zero-order valence-electron chi connectivity index (χ0n) is 14.4. The Morgan fingerprint density at radius 3 is 2.50 bits per heavy atom. The van der Waals surface area contributed by atoms with Gasteiger partial charge in [0.15, 0.2) is 5.96 Å². The van der Waals surface area contributed by atoms with Gasteiger partial charge in [-0.15, -0.1) is 24.0 Å². The zero-order chi connectivity index (χ0) is 16.9. The second-order valence-electron chi connectivity index (χ2n) is 6.54. The Hall–Kier alpha value is -1.58. The summed E-state index contributed by atoms with van der Waals surface area (Å²) in [6, 6.07) is 6.44. The van der Waals surface area contributed by atoms with Gasteiger partial charge < -0.3 is 15.5 Å². The average Bonchev–Trinajstić information content (AvgIpc) is 2.87. The number of hydrogen-bond acceptors (Lipinski definition) is 4. The largest absolute Gasteiger partial charge is 0.383 e. The number of likely N-dealkylation sites (tertiary alicyclic amines) is 1. The summed E-state index contributed by atoms with van der Waals surface area (Å²) in [6.07, 6.45) is 1.18. The van der Waals surface area contributed by atoms with Crippen molar-refractivity contribution < 1.29 is 4.92 Å². The number of halogens is 1. The third-order valence-electron chi connectivity index (χ3n) is 4.00. The molecule has 1 heterocycles. The maximum atomic E-state index is 10.6. The van der Waals surface area contributed by atoms with Crippen LogP contribution in [0.1, 0.15) is 20.3 Å². The minimum atomic E-state index is -0.396. The lowest BCUT2D eigenvalue weighted by molar-refractivity contribution is -0.384. The lowest BCUT2D eigenvalue weighted by Crippen LogP contribution is -2.42. The van der Waals surface area contributed by atoms with Crippen LogP contribution in [0.2, 0.25) is 0 Å². The van der Waals surface area contributed by atoms with E-state index in [2.05, 4.69) is 34.4 Å². The van der Waals surface area contributed by atoms with E-state index >= 15 is 0 Å². The van der Waals surface area contributed by atoms with Crippen LogP contribution in [0.25, 0.3) is 0 Å². The summed E-state index contributed by atoms with van der Waals surface area (Å²) in [7, 11) is 1.80. The summed E-state index contributed by atoms with van der Waals surface area (Å²) < 4.78 is 0. The van der Waals surface area contributed by atoms with E-state index in [-0.39, 0.29) is 29.7 Å². The summed E-state index contributed by atoms with van der Waals surface area (Å²) in [5.74, 6) is 0.932. The van der Waals surface area contributed by atoms with Gasteiger partial charge in [0.2, 0.25) is 0 Å². The maximum Gasteiger partial charge on any atom is 0.269 e. The lowest BCUT2D eigenvalue weighted by atomic mass is 9.93. The highest BCUT2D eigenvalue weighted by Gasteiger charge is 2.30. The number of guanidine groups is 1. The van der Waals surface area contributed by atoms with Crippen molar-refractivity contribution in [2.45, 2.75) is 20.3 Å². The molecule has 0 aromatic heterocycles. The molecule has 1 aliphatic heterocycles. The minimum absolute atomic E-state index is 0. The Bertz CT molecular complexity index is 574. The highest BCUT2D eigenvalue weighted by molar-refractivity contribution is 14.0. The molecule has 0 unspecified atom stereocenters. The molecule has 0 amide bonds. The van der Waals surface area contributed by atoms with Gasteiger partial charge in [0.05, 0.1) is 4.92 Å². The van der Waals surface area contributed by atoms with Crippen LogP contribution < -0.4 is 10.6 Å². The van der Waals surface area contributed by atoms with Gasteiger partial charge in [0, 0.05) is 51.0 Å². The SMILES string of the molecule is CN=C(NCCNc1ccc([N+](=O)[O-])cc1)N1CCC(C)(C)C1.I. The molecule has 24 heavy (non-hydrogen) atoms. The highest BCUT2D eigenvalue weighted by atomic mass is 127. The van der Waals surface area contributed by atoms with Crippen molar-refractivity contribution >= 4 is 41.3 Å². The molecule has 134 valence electrons. The quantitative estimate of drug-likeness (QED) is 0.181. The van der Waals surface area contributed by atoms with Gasteiger partial charge in [-0.25, -0.2) is 0 Å². The molecular weight excluding hydrogens is 421 g/mol. The van der Waals surface area contributed by atoms with E-state index in [1.54, 1.807) is 19.2 Å². The number of hydrogen-bond donors (Lipinski definition) is 2. The van der Waals surface area contributed by atoms with Crippen LogP contribution >= 0.6 is 24.0 Å². The zero-order valence-corrected chi connectivity index (χ0v) is 16.7. The summed E-state index contributed by atoms with van der Waals surface area (Å²) in [6.45, 7) is 8.05. The Kier molecular flexibility index (Phi) is 7.71. The van der Waals surface area contributed by atoms with E-state index in [4.69, 9.17) is 0 Å². The number of aliphatic imine (C=N–C) groups is 1. The van der Waals surface area contributed by atoms with Crippen LogP contribution in [0.15, 0.2) is 29.3 Å². The molecule has 0 radical (unpaired) electrons. The van der Waals surface area contributed by atoms with Crippen molar-refractivity contribution in [3.63, 3.8) is 0 Å². The number of benzene rings is 1. The number of non-ortho nitro benzene ring substituents is 1. The fourth-order valence-corrected chi connectivity index (χ4v) is 2.71. The minimum Gasteiger partial charge on any atom is -0.383 e. The number of nitro groups is 1. The first kappa shape index (κ1) is 20.5. The monoisotopic (exact) mass is 447 g/mol. The van der Waals surface area contributed by atoms with Crippen LogP contribution in [0.3, 0.4) is 0 Å². The van der Waals surface area contributed by atoms with Gasteiger partial charge in [-0.1, -0.05) is 13.8 Å². The molecule has 0 bridgehead atoms. The van der Waals surface area contributed by atoms with Crippen LogP contribution in [0.4, 0.5) is 11.4 Å². The fraction of sp³-hybridized carbons (Fsp3) is 0.562. The molecule has 0 saturated carbocycles. The van der Waals surface area contributed by atoms with Gasteiger partial charge in [-0.2, -0.15) is 0 Å². The van der Waals surface area contributed by atoms with Crippen LogP contribution in [0.5, 0.6) is 0 Å². The number of nitrogens with one attached hydrogen (secondary N) is 2. The fourth-order valence-electron chi connectivity index (χ4n) is 2.71. The predicted octanol–water partition coefficient (Wildman–Crippen LogP) is 2.93. The Morgan fingerprint density at radius 2 is 2.00 bits per heavy atom. The normalized spacial score (nSPS) is 16.5. The van der Waals surface area contributed by atoms with Gasteiger partial charge in [-0.3, -0.25) is 15.1 Å². The predicted molar refractivity (Wildman–Crippen MR) is 108 cm³/mol. The van der Waals surface area contributed by atoms with E-state index in [9.17, 15) is 10.1 Å². The Morgan fingerprint density at radius 1 is 1.33 bits per heavy atom. The second-order valence-corrected chi connectivity index (χ2v) is 6.54. The van der Waals surface area contributed by atoms with Crippen molar-refractivity contribution in [1.82, 2.24) is 10.2 Å². The number of nitro benzene ring substituents is 1. The first-order valence-electron chi connectivity index (χ1n) is 7.85. The molecule has 0 aliphatic carbocycles. The van der Waals surface area contributed by atoms with E-state index in [1.165, 1.54) is 18.6 Å². The molecule has 2 rings (SSSR count). The molecule has 1 saturated heterocycles. The number of rotatable bonds is 5. The molecule has 0 spiro atoms. The molecule has 7 nitrogen and oxygen atoms in total. The summed E-state index contributed by atoms with van der Waals surface area (Å²) in [5.41, 5.74) is 1.31. The number of anilines is 1. The van der Waals surface area contributed by atoms with Crippen molar-refractivity contribution in [1.29, 1.82) is 0 Å². The molecular formula is C16H26IN5O2. The second kappa shape index (κ2) is 9.05. The van der Waals surface area contributed by atoms with E-state index < -0.39 is 4.92 Å². The van der Waals surface area contributed by atoms with Crippen LogP contribution in [-0.2, 0) is 0 Å². The van der Waals surface area contributed by atoms with E-state index in [1.807, 2.05) is 0 Å². The molecule has 2 N–H and O–H groups in total. The van der Waals surface area contributed by atoms with Crippen molar-refractivity contribution in [2.24, 2.45) is 10.4 Å². The Labute approximate surface area is 160 Å². The topological polar surface area (TPSA) is 82.8 Å². The molecule has 0 atom stereocenters. The maximum absolute atomic E-state index is 10.6. The Balaban J connectivity index is 0.00000288.